The molecule has 2 N–H and O–H groups in total. The summed E-state index contributed by atoms with van der Waals surface area (Å²) in [7, 11) is 0. The van der Waals surface area contributed by atoms with Crippen LogP contribution in [0.3, 0.4) is 0 Å². The fourth-order valence-electron chi connectivity index (χ4n) is 7.46. The van der Waals surface area contributed by atoms with Gasteiger partial charge in [-0.05, 0) is 91.8 Å². The molecule has 0 saturated heterocycles. The van der Waals surface area contributed by atoms with Crippen LogP contribution in [0.25, 0.3) is 0 Å². The monoisotopic (exact) mass is 306 g/mol. The molecule has 0 bridgehead atoms. The molecule has 0 radical (unpaired) electrons. The van der Waals surface area contributed by atoms with Gasteiger partial charge in [0.05, 0.1) is 12.2 Å². The smallest absolute Gasteiger partial charge is 0.0577 e. The molecule has 0 aliphatic heterocycles. The van der Waals surface area contributed by atoms with Crippen LogP contribution in [0, 0.1) is 40.4 Å². The number of hydrogen-bond acceptors (Lipinski definition) is 2. The number of fused-ring (bicyclic) bond motifs is 5. The third-order valence-electron chi connectivity index (χ3n) is 9.13. The van der Waals surface area contributed by atoms with Gasteiger partial charge in [0.1, 0.15) is 0 Å². The molecule has 4 fully saturated rings. The summed E-state index contributed by atoms with van der Waals surface area (Å²) in [5.74, 6) is 3.32. The molecule has 0 spiro atoms. The first kappa shape index (κ1) is 15.4. The van der Waals surface area contributed by atoms with Crippen LogP contribution in [-0.4, -0.2) is 22.4 Å². The third kappa shape index (κ3) is 1.92. The van der Waals surface area contributed by atoms with E-state index in [2.05, 4.69) is 20.8 Å². The van der Waals surface area contributed by atoms with Crippen molar-refractivity contribution in [3.8, 4) is 0 Å². The Morgan fingerprint density at radius 2 is 1.50 bits per heavy atom. The molecule has 4 rings (SSSR count). The lowest BCUT2D eigenvalue weighted by Gasteiger charge is -2.62. The molecular weight excluding hydrogens is 272 g/mol. The van der Waals surface area contributed by atoms with Crippen molar-refractivity contribution in [2.75, 3.05) is 0 Å². The first-order valence-electron chi connectivity index (χ1n) is 9.72. The Balaban J connectivity index is 1.67. The third-order valence-corrected chi connectivity index (χ3v) is 9.13. The van der Waals surface area contributed by atoms with Crippen molar-refractivity contribution in [3.05, 3.63) is 0 Å². The van der Waals surface area contributed by atoms with E-state index in [9.17, 15) is 10.2 Å². The first-order chi connectivity index (χ1) is 10.4. The lowest BCUT2D eigenvalue weighted by Crippen LogP contribution is -2.58. The zero-order chi connectivity index (χ0) is 15.7. The lowest BCUT2D eigenvalue weighted by atomic mass is 9.44. The minimum atomic E-state index is -0.123. The van der Waals surface area contributed by atoms with Gasteiger partial charge in [-0.3, -0.25) is 0 Å². The maximum absolute atomic E-state index is 11.0. The van der Waals surface area contributed by atoms with Crippen LogP contribution >= 0.6 is 0 Å². The molecule has 9 atom stereocenters. The summed E-state index contributed by atoms with van der Waals surface area (Å²) >= 11 is 0. The molecule has 0 aromatic carbocycles. The van der Waals surface area contributed by atoms with Gasteiger partial charge in [0, 0.05) is 0 Å². The molecular formula is C20H34O2. The van der Waals surface area contributed by atoms with E-state index in [0.29, 0.717) is 28.6 Å². The second-order valence-electron chi connectivity index (χ2n) is 9.75. The predicted molar refractivity (Wildman–Crippen MR) is 88.3 cm³/mol. The maximum Gasteiger partial charge on any atom is 0.0577 e. The number of rotatable bonds is 0. The van der Waals surface area contributed by atoms with Crippen LogP contribution in [-0.2, 0) is 0 Å². The molecule has 4 aliphatic carbocycles. The van der Waals surface area contributed by atoms with E-state index in [1.165, 1.54) is 32.1 Å². The maximum atomic E-state index is 11.0. The minimum absolute atomic E-state index is 0.122. The molecule has 8 unspecified atom stereocenters. The minimum Gasteiger partial charge on any atom is -0.393 e. The number of aliphatic hydroxyl groups excluding tert-OH is 2. The highest BCUT2D eigenvalue weighted by Crippen LogP contribution is 2.67. The summed E-state index contributed by atoms with van der Waals surface area (Å²) in [6.07, 6.45) is 9.13. The van der Waals surface area contributed by atoms with Gasteiger partial charge in [-0.2, -0.15) is 0 Å². The molecule has 0 amide bonds. The van der Waals surface area contributed by atoms with Crippen molar-refractivity contribution in [1.82, 2.24) is 0 Å². The Hall–Kier alpha value is -0.0800. The van der Waals surface area contributed by atoms with Gasteiger partial charge in [-0.15, -0.1) is 0 Å². The zero-order valence-corrected chi connectivity index (χ0v) is 14.6. The highest BCUT2D eigenvalue weighted by Gasteiger charge is 2.61. The van der Waals surface area contributed by atoms with E-state index in [1.54, 1.807) is 0 Å². The van der Waals surface area contributed by atoms with E-state index in [0.717, 1.165) is 31.1 Å². The Morgan fingerprint density at radius 1 is 0.818 bits per heavy atom. The Bertz CT molecular complexity index is 449. The standard InChI is InChI=1S/C20H34O2/c1-12-4-5-15-18-16(7-9-19(12,15)2)20(3)8-6-14(21)10-13(20)11-17(18)22/h12-18,21-22H,4-11H2,1-3H3/t12?,13?,14-,15?,16?,17?,18?,19?,20?/m1/s1. The van der Waals surface area contributed by atoms with Gasteiger partial charge in [0.15, 0.2) is 0 Å². The Kier molecular flexibility index (Phi) is 3.48. The van der Waals surface area contributed by atoms with Crippen molar-refractivity contribution < 1.29 is 10.2 Å². The van der Waals surface area contributed by atoms with Gasteiger partial charge in [-0.1, -0.05) is 20.8 Å². The van der Waals surface area contributed by atoms with Crippen LogP contribution in [0.2, 0.25) is 0 Å². The fourth-order valence-corrected chi connectivity index (χ4v) is 7.46. The van der Waals surface area contributed by atoms with Crippen LogP contribution < -0.4 is 0 Å². The molecule has 0 aromatic rings. The molecule has 126 valence electrons. The summed E-state index contributed by atoms with van der Waals surface area (Å²) in [5.41, 5.74) is 0.843. The average molecular weight is 306 g/mol. The summed E-state index contributed by atoms with van der Waals surface area (Å²) in [5, 5.41) is 21.1. The number of hydrogen-bond donors (Lipinski definition) is 2. The van der Waals surface area contributed by atoms with Gasteiger partial charge in [0.2, 0.25) is 0 Å². The van der Waals surface area contributed by atoms with Crippen molar-refractivity contribution in [3.63, 3.8) is 0 Å². The van der Waals surface area contributed by atoms with Crippen molar-refractivity contribution in [1.29, 1.82) is 0 Å². The summed E-state index contributed by atoms with van der Waals surface area (Å²) in [6.45, 7) is 7.45. The largest absolute Gasteiger partial charge is 0.393 e. The van der Waals surface area contributed by atoms with Gasteiger partial charge in [-0.25, -0.2) is 0 Å². The topological polar surface area (TPSA) is 40.5 Å². The Labute approximate surface area is 135 Å². The SMILES string of the molecule is CC1CCC2C3C(O)CC4C[C@H](O)CCC4(C)C3CCC12C. The van der Waals surface area contributed by atoms with Gasteiger partial charge >= 0.3 is 0 Å². The van der Waals surface area contributed by atoms with E-state index in [4.69, 9.17) is 0 Å². The Morgan fingerprint density at radius 3 is 2.27 bits per heavy atom. The van der Waals surface area contributed by atoms with Crippen molar-refractivity contribution >= 4 is 0 Å². The summed E-state index contributed by atoms with van der Waals surface area (Å²) < 4.78 is 0. The lowest BCUT2D eigenvalue weighted by molar-refractivity contribution is -0.171. The van der Waals surface area contributed by atoms with E-state index < -0.39 is 0 Å². The number of aliphatic hydroxyl groups is 2. The highest BCUT2D eigenvalue weighted by molar-refractivity contribution is 5.10. The van der Waals surface area contributed by atoms with Crippen LogP contribution in [0.4, 0.5) is 0 Å². The fraction of sp³-hybridized carbons (Fsp3) is 1.00. The molecule has 0 aromatic heterocycles. The second kappa shape index (κ2) is 4.96. The van der Waals surface area contributed by atoms with Crippen LogP contribution in [0.1, 0.15) is 72.1 Å². The molecule has 4 saturated carbocycles. The van der Waals surface area contributed by atoms with E-state index in [1.807, 2.05) is 0 Å². The summed E-state index contributed by atoms with van der Waals surface area (Å²) in [4.78, 5) is 0. The van der Waals surface area contributed by atoms with Crippen molar-refractivity contribution in [2.24, 2.45) is 40.4 Å². The van der Waals surface area contributed by atoms with Crippen LogP contribution in [0.5, 0.6) is 0 Å². The molecule has 0 heterocycles. The van der Waals surface area contributed by atoms with Crippen molar-refractivity contribution in [2.45, 2.75) is 84.3 Å². The van der Waals surface area contributed by atoms with Gasteiger partial charge < -0.3 is 10.2 Å². The second-order valence-corrected chi connectivity index (χ2v) is 9.75. The average Bonchev–Trinajstić information content (AvgIpc) is 2.77. The molecule has 4 aliphatic rings. The van der Waals surface area contributed by atoms with Crippen LogP contribution in [0.15, 0.2) is 0 Å². The normalized spacial score (nSPS) is 61.2. The molecule has 2 heteroatoms. The predicted octanol–water partition coefficient (Wildman–Crippen LogP) is 4.00. The van der Waals surface area contributed by atoms with E-state index >= 15 is 0 Å². The molecule has 22 heavy (non-hydrogen) atoms. The first-order valence-corrected chi connectivity index (χ1v) is 9.72. The molecule has 2 nitrogen and oxygen atoms in total. The quantitative estimate of drug-likeness (QED) is 0.710. The van der Waals surface area contributed by atoms with Gasteiger partial charge in [0.25, 0.3) is 0 Å². The summed E-state index contributed by atoms with van der Waals surface area (Å²) in [6, 6.07) is 0. The highest BCUT2D eigenvalue weighted by atomic mass is 16.3. The zero-order valence-electron chi connectivity index (χ0n) is 14.6. The van der Waals surface area contributed by atoms with E-state index in [-0.39, 0.29) is 12.2 Å².